The summed E-state index contributed by atoms with van der Waals surface area (Å²) in [7, 11) is 0. The van der Waals surface area contributed by atoms with E-state index in [1.165, 1.54) is 0 Å². The maximum Gasteiger partial charge on any atom is 0.103 e. The normalized spacial score (nSPS) is 38.4. The summed E-state index contributed by atoms with van der Waals surface area (Å²) in [4.78, 5) is 0. The summed E-state index contributed by atoms with van der Waals surface area (Å²) in [6.07, 6.45) is 2.81. The van der Waals surface area contributed by atoms with Crippen LogP contribution in [0, 0.1) is 11.3 Å². The molecule has 5 nitrogen and oxygen atoms in total. The number of ether oxygens (including phenoxy) is 2. The predicted octanol–water partition coefficient (Wildman–Crippen LogP) is 0.348. The minimum absolute atomic E-state index is 0.0126. The topological polar surface area (TPSA) is 82.7 Å². The van der Waals surface area contributed by atoms with Crippen molar-refractivity contribution < 1.29 is 19.7 Å². The molecule has 0 aliphatic carbocycles. The number of rotatable bonds is 4. The van der Waals surface area contributed by atoms with E-state index in [1.54, 1.807) is 0 Å². The molecule has 2 heterocycles. The van der Waals surface area contributed by atoms with Gasteiger partial charge in [-0.15, -0.1) is 0 Å². The Morgan fingerprint density at radius 1 is 1.29 bits per heavy atom. The van der Waals surface area contributed by atoms with Crippen LogP contribution in [0.4, 0.5) is 0 Å². The van der Waals surface area contributed by atoms with Crippen LogP contribution in [0.3, 0.4) is 0 Å². The average molecular weight is 241 g/mol. The van der Waals surface area contributed by atoms with Gasteiger partial charge in [-0.1, -0.05) is 0 Å². The van der Waals surface area contributed by atoms with Gasteiger partial charge in [0.15, 0.2) is 0 Å². The number of fused-ring (bicyclic) bond motifs is 1. The Bertz CT molecular complexity index is 291. The van der Waals surface area contributed by atoms with Crippen molar-refractivity contribution in [3.63, 3.8) is 0 Å². The predicted molar refractivity (Wildman–Crippen MR) is 59.1 cm³/mol. The lowest BCUT2D eigenvalue weighted by Gasteiger charge is -2.31. The van der Waals surface area contributed by atoms with Gasteiger partial charge in [0.2, 0.25) is 0 Å². The Balaban J connectivity index is 1.84. The second-order valence-corrected chi connectivity index (χ2v) is 4.77. The van der Waals surface area contributed by atoms with E-state index in [0.29, 0.717) is 12.8 Å². The molecule has 2 fully saturated rings. The lowest BCUT2D eigenvalue weighted by molar-refractivity contribution is -0.111. The van der Waals surface area contributed by atoms with Gasteiger partial charge < -0.3 is 19.7 Å². The smallest absolute Gasteiger partial charge is 0.103 e. The van der Waals surface area contributed by atoms with Crippen molar-refractivity contribution in [1.82, 2.24) is 0 Å². The van der Waals surface area contributed by atoms with E-state index in [1.807, 2.05) is 0 Å². The van der Waals surface area contributed by atoms with Crippen LogP contribution < -0.4 is 0 Å². The van der Waals surface area contributed by atoms with Crippen molar-refractivity contribution in [2.45, 2.75) is 62.6 Å². The van der Waals surface area contributed by atoms with Gasteiger partial charge in [-0.3, -0.25) is 0 Å². The van der Waals surface area contributed by atoms with Crippen LogP contribution in [0.25, 0.3) is 0 Å². The summed E-state index contributed by atoms with van der Waals surface area (Å²) in [5.41, 5.74) is 0. The van der Waals surface area contributed by atoms with E-state index in [2.05, 4.69) is 6.07 Å². The fraction of sp³-hybridized carbons (Fsp3) is 0.917. The van der Waals surface area contributed by atoms with Gasteiger partial charge in [0, 0.05) is 12.8 Å². The Hall–Kier alpha value is -0.670. The van der Waals surface area contributed by atoms with Crippen LogP contribution in [0.1, 0.15) is 32.1 Å². The van der Waals surface area contributed by atoms with Crippen LogP contribution in [-0.4, -0.2) is 47.3 Å². The number of nitriles is 1. The summed E-state index contributed by atoms with van der Waals surface area (Å²) >= 11 is 0. The molecule has 2 rings (SSSR count). The molecule has 0 aromatic heterocycles. The molecule has 0 bridgehead atoms. The second-order valence-electron chi connectivity index (χ2n) is 4.77. The number of aliphatic hydroxyl groups is 2. The molecule has 2 unspecified atom stereocenters. The van der Waals surface area contributed by atoms with Gasteiger partial charge in [0.05, 0.1) is 37.1 Å². The number of nitrogens with zero attached hydrogens (tertiary/aromatic N) is 1. The first-order chi connectivity index (χ1) is 8.24. The Morgan fingerprint density at radius 3 is 2.82 bits per heavy atom. The first-order valence-corrected chi connectivity index (χ1v) is 6.21. The molecule has 2 aliphatic heterocycles. The molecule has 5 heteroatoms. The summed E-state index contributed by atoms with van der Waals surface area (Å²) in [5, 5.41) is 27.0. The molecule has 0 amide bonds. The number of hydrogen-bond acceptors (Lipinski definition) is 5. The third-order valence-corrected chi connectivity index (χ3v) is 3.56. The lowest BCUT2D eigenvalue weighted by atomic mass is 9.97. The van der Waals surface area contributed by atoms with Crippen LogP contribution in [0.15, 0.2) is 0 Å². The zero-order valence-corrected chi connectivity index (χ0v) is 9.79. The highest BCUT2D eigenvalue weighted by molar-refractivity contribution is 4.91. The van der Waals surface area contributed by atoms with Crippen LogP contribution in [0.5, 0.6) is 0 Å². The summed E-state index contributed by atoms with van der Waals surface area (Å²) in [6.45, 7) is -0.276. The SMILES string of the molecule is N#CCCC1CC[C@@H]2OC([C@H](O)CO)C[C@@H]2O1. The molecule has 96 valence electrons. The molecular formula is C12H19NO4. The Morgan fingerprint density at radius 2 is 2.12 bits per heavy atom. The highest BCUT2D eigenvalue weighted by Gasteiger charge is 2.42. The molecule has 2 aliphatic rings. The largest absolute Gasteiger partial charge is 0.394 e. The molecule has 5 atom stereocenters. The fourth-order valence-electron chi connectivity index (χ4n) is 2.61. The first kappa shape index (κ1) is 12.8. The minimum atomic E-state index is -0.818. The molecule has 2 saturated heterocycles. The Kier molecular flexibility index (Phi) is 4.35. The molecule has 17 heavy (non-hydrogen) atoms. The zero-order valence-electron chi connectivity index (χ0n) is 9.79. The molecule has 2 N–H and O–H groups in total. The summed E-state index contributed by atoms with van der Waals surface area (Å²) < 4.78 is 11.5. The minimum Gasteiger partial charge on any atom is -0.394 e. The van der Waals surface area contributed by atoms with E-state index >= 15 is 0 Å². The van der Waals surface area contributed by atoms with Gasteiger partial charge in [0.1, 0.15) is 6.10 Å². The van der Waals surface area contributed by atoms with E-state index in [4.69, 9.17) is 19.8 Å². The highest BCUT2D eigenvalue weighted by Crippen LogP contribution is 2.34. The summed E-state index contributed by atoms with van der Waals surface area (Å²) in [5.74, 6) is 0. The highest BCUT2D eigenvalue weighted by atomic mass is 16.6. The van der Waals surface area contributed by atoms with Crippen molar-refractivity contribution in [2.75, 3.05) is 6.61 Å². The summed E-state index contributed by atoms with van der Waals surface area (Å²) in [6, 6.07) is 2.13. The molecular weight excluding hydrogens is 222 g/mol. The third-order valence-electron chi connectivity index (χ3n) is 3.56. The van der Waals surface area contributed by atoms with Crippen molar-refractivity contribution in [2.24, 2.45) is 0 Å². The lowest BCUT2D eigenvalue weighted by Crippen LogP contribution is -2.35. The van der Waals surface area contributed by atoms with E-state index in [9.17, 15) is 5.11 Å². The maximum absolute atomic E-state index is 9.54. The van der Waals surface area contributed by atoms with E-state index < -0.39 is 6.10 Å². The molecule has 0 radical (unpaired) electrons. The van der Waals surface area contributed by atoms with Crippen LogP contribution in [-0.2, 0) is 9.47 Å². The monoisotopic (exact) mass is 241 g/mol. The zero-order chi connectivity index (χ0) is 12.3. The van der Waals surface area contributed by atoms with E-state index in [0.717, 1.165) is 19.3 Å². The van der Waals surface area contributed by atoms with Gasteiger partial charge in [-0.05, 0) is 19.3 Å². The van der Waals surface area contributed by atoms with Crippen molar-refractivity contribution in [3.05, 3.63) is 0 Å². The van der Waals surface area contributed by atoms with Crippen molar-refractivity contribution in [1.29, 1.82) is 5.26 Å². The standard InChI is InChI=1S/C12H19NO4/c13-5-1-2-8-3-4-10-12(16-8)6-11(17-10)9(15)7-14/h8-12,14-15H,1-4,6-7H2/t8?,9-,10+,11?,12+/m1/s1. The Labute approximate surface area is 101 Å². The second kappa shape index (κ2) is 5.78. The average Bonchev–Trinajstić information content (AvgIpc) is 2.78. The quantitative estimate of drug-likeness (QED) is 0.742. The van der Waals surface area contributed by atoms with Crippen LogP contribution in [0.2, 0.25) is 0 Å². The van der Waals surface area contributed by atoms with Gasteiger partial charge in [0.25, 0.3) is 0 Å². The molecule has 0 aromatic carbocycles. The van der Waals surface area contributed by atoms with Gasteiger partial charge >= 0.3 is 0 Å². The maximum atomic E-state index is 9.54. The number of aliphatic hydroxyl groups excluding tert-OH is 2. The fourth-order valence-corrected chi connectivity index (χ4v) is 2.61. The molecule has 0 aromatic rings. The van der Waals surface area contributed by atoms with E-state index in [-0.39, 0.29) is 31.0 Å². The number of hydrogen-bond donors (Lipinski definition) is 2. The van der Waals surface area contributed by atoms with Crippen molar-refractivity contribution in [3.8, 4) is 6.07 Å². The van der Waals surface area contributed by atoms with Crippen molar-refractivity contribution >= 4 is 0 Å². The molecule has 0 saturated carbocycles. The first-order valence-electron chi connectivity index (χ1n) is 6.21. The molecule has 0 spiro atoms. The van der Waals surface area contributed by atoms with Gasteiger partial charge in [-0.25, -0.2) is 0 Å². The third kappa shape index (κ3) is 2.96. The van der Waals surface area contributed by atoms with Crippen LogP contribution >= 0.6 is 0 Å². The van der Waals surface area contributed by atoms with Gasteiger partial charge in [-0.2, -0.15) is 5.26 Å².